The number of phenolic OH excluding ortho intramolecular Hbond substituents is 1. The highest BCUT2D eigenvalue weighted by Crippen LogP contribution is 2.35. The standard InChI is InChI=1S/C20H14N4O4S/c21-12-13-5-1-3-7-18(13)29-19-8-4-2-6-16(19)23-20(26)22-15-10-9-14(24(27)28)11-17(15)25/h1-11,25H,(H2,22,23,26). The molecule has 0 aliphatic heterocycles. The molecule has 0 fully saturated rings. The van der Waals surface area contributed by atoms with Crippen molar-refractivity contribution in [3.8, 4) is 11.8 Å². The van der Waals surface area contributed by atoms with Gasteiger partial charge in [0.1, 0.15) is 11.8 Å². The Hall–Kier alpha value is -4.03. The van der Waals surface area contributed by atoms with Crippen molar-refractivity contribution in [2.24, 2.45) is 0 Å². The molecular weight excluding hydrogens is 392 g/mol. The van der Waals surface area contributed by atoms with Crippen LogP contribution in [-0.2, 0) is 0 Å². The number of nitrogens with one attached hydrogen (secondary N) is 2. The number of hydrogen-bond donors (Lipinski definition) is 3. The van der Waals surface area contributed by atoms with Crippen LogP contribution >= 0.6 is 11.8 Å². The zero-order valence-corrected chi connectivity index (χ0v) is 15.6. The lowest BCUT2D eigenvalue weighted by atomic mass is 10.2. The molecule has 0 spiro atoms. The molecule has 0 unspecified atom stereocenters. The predicted molar refractivity (Wildman–Crippen MR) is 109 cm³/mol. The van der Waals surface area contributed by atoms with Gasteiger partial charge >= 0.3 is 6.03 Å². The monoisotopic (exact) mass is 406 g/mol. The summed E-state index contributed by atoms with van der Waals surface area (Å²) in [6.45, 7) is 0. The average Bonchev–Trinajstić information content (AvgIpc) is 2.71. The van der Waals surface area contributed by atoms with E-state index in [-0.39, 0.29) is 11.4 Å². The maximum atomic E-state index is 12.4. The zero-order chi connectivity index (χ0) is 20.8. The van der Waals surface area contributed by atoms with Gasteiger partial charge in [-0.3, -0.25) is 10.1 Å². The van der Waals surface area contributed by atoms with Crippen LogP contribution in [0.1, 0.15) is 5.56 Å². The topological polar surface area (TPSA) is 128 Å². The minimum Gasteiger partial charge on any atom is -0.506 e. The molecule has 0 aromatic heterocycles. The first-order chi connectivity index (χ1) is 14.0. The maximum absolute atomic E-state index is 12.4. The molecular formula is C20H14N4O4S. The number of phenols is 1. The van der Waals surface area contributed by atoms with E-state index in [4.69, 9.17) is 0 Å². The highest BCUT2D eigenvalue weighted by atomic mass is 32.2. The number of nitro benzene ring substituents is 1. The van der Waals surface area contributed by atoms with Crippen LogP contribution in [0.15, 0.2) is 76.5 Å². The molecule has 2 amide bonds. The summed E-state index contributed by atoms with van der Waals surface area (Å²) in [6, 6.07) is 19.1. The molecule has 0 saturated carbocycles. The van der Waals surface area contributed by atoms with Crippen molar-refractivity contribution in [2.45, 2.75) is 9.79 Å². The molecule has 0 aliphatic rings. The molecule has 3 aromatic carbocycles. The number of para-hydroxylation sites is 1. The summed E-state index contributed by atoms with van der Waals surface area (Å²) in [6.07, 6.45) is 0. The average molecular weight is 406 g/mol. The van der Waals surface area contributed by atoms with Crippen LogP contribution in [0.4, 0.5) is 21.9 Å². The number of carbonyl (C=O) groups is 1. The van der Waals surface area contributed by atoms with E-state index in [0.29, 0.717) is 11.3 Å². The van der Waals surface area contributed by atoms with Gasteiger partial charge in [0.15, 0.2) is 0 Å². The van der Waals surface area contributed by atoms with E-state index in [2.05, 4.69) is 16.7 Å². The summed E-state index contributed by atoms with van der Waals surface area (Å²) in [7, 11) is 0. The van der Waals surface area contributed by atoms with Crippen LogP contribution in [0.2, 0.25) is 0 Å². The van der Waals surface area contributed by atoms with E-state index in [1.54, 1.807) is 30.3 Å². The number of rotatable bonds is 5. The summed E-state index contributed by atoms with van der Waals surface area (Å²) >= 11 is 1.33. The van der Waals surface area contributed by atoms with Gasteiger partial charge in [-0.15, -0.1) is 0 Å². The summed E-state index contributed by atoms with van der Waals surface area (Å²) in [4.78, 5) is 23.9. The molecule has 3 aromatic rings. The van der Waals surface area contributed by atoms with Crippen LogP contribution in [0, 0.1) is 21.4 Å². The van der Waals surface area contributed by atoms with E-state index >= 15 is 0 Å². The number of nitro groups is 1. The minimum absolute atomic E-state index is 0.0352. The molecule has 0 atom stereocenters. The molecule has 0 saturated heterocycles. The normalized spacial score (nSPS) is 10.0. The number of urea groups is 1. The number of nitrogens with zero attached hydrogens (tertiary/aromatic N) is 2. The fourth-order valence-electron chi connectivity index (χ4n) is 2.44. The Balaban J connectivity index is 1.76. The maximum Gasteiger partial charge on any atom is 0.323 e. The second-order valence-corrected chi connectivity index (χ2v) is 6.83. The number of nitriles is 1. The molecule has 144 valence electrons. The van der Waals surface area contributed by atoms with Crippen LogP contribution in [0.25, 0.3) is 0 Å². The van der Waals surface area contributed by atoms with Gasteiger partial charge in [0, 0.05) is 15.9 Å². The van der Waals surface area contributed by atoms with Crippen molar-refractivity contribution >= 4 is 34.9 Å². The lowest BCUT2D eigenvalue weighted by Crippen LogP contribution is -2.19. The van der Waals surface area contributed by atoms with Crippen molar-refractivity contribution < 1.29 is 14.8 Å². The van der Waals surface area contributed by atoms with E-state index in [1.165, 1.54) is 23.9 Å². The fourth-order valence-corrected chi connectivity index (χ4v) is 3.42. The first-order valence-electron chi connectivity index (χ1n) is 8.29. The Morgan fingerprint density at radius 1 is 1.00 bits per heavy atom. The highest BCUT2D eigenvalue weighted by molar-refractivity contribution is 7.99. The Morgan fingerprint density at radius 3 is 2.34 bits per heavy atom. The summed E-state index contributed by atoms with van der Waals surface area (Å²) in [5.41, 5.74) is 0.774. The molecule has 29 heavy (non-hydrogen) atoms. The van der Waals surface area contributed by atoms with Gasteiger partial charge < -0.3 is 15.7 Å². The van der Waals surface area contributed by atoms with Crippen molar-refractivity contribution in [3.63, 3.8) is 0 Å². The van der Waals surface area contributed by atoms with Crippen LogP contribution in [0.5, 0.6) is 5.75 Å². The third kappa shape index (κ3) is 4.82. The molecule has 3 rings (SSSR count). The van der Waals surface area contributed by atoms with Crippen molar-refractivity contribution in [3.05, 3.63) is 82.4 Å². The number of aromatic hydroxyl groups is 1. The SMILES string of the molecule is N#Cc1ccccc1Sc1ccccc1NC(=O)Nc1ccc([N+](=O)[O-])cc1O. The zero-order valence-electron chi connectivity index (χ0n) is 14.8. The number of benzene rings is 3. The van der Waals surface area contributed by atoms with Crippen molar-refractivity contribution in [1.82, 2.24) is 0 Å². The van der Waals surface area contributed by atoms with Gasteiger partial charge in [0.25, 0.3) is 5.69 Å². The molecule has 0 radical (unpaired) electrons. The van der Waals surface area contributed by atoms with Crippen molar-refractivity contribution in [2.75, 3.05) is 10.6 Å². The predicted octanol–water partition coefficient (Wildman–Crippen LogP) is 4.97. The van der Waals surface area contributed by atoms with Gasteiger partial charge in [-0.1, -0.05) is 36.0 Å². The number of carbonyl (C=O) groups excluding carboxylic acids is 1. The Morgan fingerprint density at radius 2 is 1.66 bits per heavy atom. The molecule has 0 aliphatic carbocycles. The summed E-state index contributed by atoms with van der Waals surface area (Å²) in [5.74, 6) is -0.417. The largest absolute Gasteiger partial charge is 0.506 e. The van der Waals surface area contributed by atoms with E-state index in [0.717, 1.165) is 15.9 Å². The van der Waals surface area contributed by atoms with Gasteiger partial charge in [-0.2, -0.15) is 5.26 Å². The van der Waals surface area contributed by atoms with Gasteiger partial charge in [0.05, 0.1) is 27.9 Å². The Kier molecular flexibility index (Phi) is 5.97. The quantitative estimate of drug-likeness (QED) is 0.312. The number of hydrogen-bond acceptors (Lipinski definition) is 6. The van der Waals surface area contributed by atoms with Crippen LogP contribution in [0.3, 0.4) is 0 Å². The molecule has 8 nitrogen and oxygen atoms in total. The molecule has 3 N–H and O–H groups in total. The van der Waals surface area contributed by atoms with Crippen molar-refractivity contribution in [1.29, 1.82) is 5.26 Å². The van der Waals surface area contributed by atoms with Crippen LogP contribution < -0.4 is 10.6 Å². The molecule has 0 bridgehead atoms. The fraction of sp³-hybridized carbons (Fsp3) is 0. The number of amides is 2. The molecule has 0 heterocycles. The lowest BCUT2D eigenvalue weighted by molar-refractivity contribution is -0.384. The summed E-state index contributed by atoms with van der Waals surface area (Å²) < 4.78 is 0. The van der Waals surface area contributed by atoms with Gasteiger partial charge in [-0.25, -0.2) is 4.79 Å². The third-order valence-corrected chi connectivity index (χ3v) is 4.95. The van der Waals surface area contributed by atoms with Gasteiger partial charge in [-0.05, 0) is 30.3 Å². The minimum atomic E-state index is -0.643. The summed E-state index contributed by atoms with van der Waals surface area (Å²) in [5, 5.41) is 35.0. The third-order valence-electron chi connectivity index (χ3n) is 3.80. The Labute approximate surface area is 169 Å². The van der Waals surface area contributed by atoms with Gasteiger partial charge in [0.2, 0.25) is 0 Å². The second-order valence-electron chi connectivity index (χ2n) is 5.74. The second kappa shape index (κ2) is 8.77. The smallest absolute Gasteiger partial charge is 0.323 e. The Bertz CT molecular complexity index is 1130. The molecule has 9 heteroatoms. The number of non-ortho nitro benzene ring substituents is 1. The van der Waals surface area contributed by atoms with E-state index < -0.39 is 16.7 Å². The number of anilines is 2. The highest BCUT2D eigenvalue weighted by Gasteiger charge is 2.14. The lowest BCUT2D eigenvalue weighted by Gasteiger charge is -2.13. The van der Waals surface area contributed by atoms with E-state index in [9.17, 15) is 25.3 Å². The first-order valence-corrected chi connectivity index (χ1v) is 9.11. The van der Waals surface area contributed by atoms with Crippen LogP contribution in [-0.4, -0.2) is 16.1 Å². The first kappa shape index (κ1) is 19.7. The van der Waals surface area contributed by atoms with E-state index in [1.807, 2.05) is 18.2 Å².